The van der Waals surface area contributed by atoms with E-state index in [1.54, 1.807) is 0 Å². The lowest BCUT2D eigenvalue weighted by atomic mass is 9.48. The van der Waals surface area contributed by atoms with Crippen molar-refractivity contribution in [2.24, 2.45) is 23.2 Å². The molecule has 4 bridgehead atoms. The van der Waals surface area contributed by atoms with Gasteiger partial charge in [0.1, 0.15) is 0 Å². The molecule has 0 heterocycles. The summed E-state index contributed by atoms with van der Waals surface area (Å²) in [4.78, 5) is 12.9. The molecule has 0 atom stereocenters. The van der Waals surface area contributed by atoms with Gasteiger partial charge in [0.2, 0.25) is 0 Å². The first-order chi connectivity index (χ1) is 10.1. The van der Waals surface area contributed by atoms with E-state index < -0.39 is 0 Å². The zero-order valence-corrected chi connectivity index (χ0v) is 13.8. The largest absolute Gasteiger partial charge is 0.294 e. The highest BCUT2D eigenvalue weighted by Gasteiger charge is 2.53. The van der Waals surface area contributed by atoms with Gasteiger partial charge in [-0.3, -0.25) is 4.79 Å². The molecule has 1 nitrogen and oxygen atoms in total. The number of carbonyl (C=O) groups excluding carboxylic acids is 1. The Hall–Kier alpha value is -0.890. The second kappa shape index (κ2) is 5.08. The highest BCUT2D eigenvalue weighted by atomic mass is 79.9. The van der Waals surface area contributed by atoms with E-state index in [0.29, 0.717) is 5.78 Å². The molecule has 21 heavy (non-hydrogen) atoms. The maximum absolute atomic E-state index is 12.9. The fourth-order valence-electron chi connectivity index (χ4n) is 5.37. The van der Waals surface area contributed by atoms with Gasteiger partial charge in [0.25, 0.3) is 0 Å². The summed E-state index contributed by atoms with van der Waals surface area (Å²) in [5, 5.41) is 0. The quantitative estimate of drug-likeness (QED) is 0.684. The first-order valence-corrected chi connectivity index (χ1v) is 8.90. The van der Waals surface area contributed by atoms with Gasteiger partial charge in [0, 0.05) is 9.89 Å². The molecule has 4 fully saturated rings. The average Bonchev–Trinajstić information content (AvgIpc) is 2.43. The summed E-state index contributed by atoms with van der Waals surface area (Å²) < 4.78 is 1.06. The van der Waals surface area contributed by atoms with Gasteiger partial charge >= 0.3 is 0 Å². The van der Waals surface area contributed by atoms with Crippen LogP contribution in [0.15, 0.2) is 34.8 Å². The number of rotatable bonds is 3. The number of halogens is 1. The Kier molecular flexibility index (Phi) is 3.33. The van der Waals surface area contributed by atoms with Crippen LogP contribution < -0.4 is 0 Å². The normalized spacial score (nSPS) is 37.3. The Labute approximate surface area is 134 Å². The van der Waals surface area contributed by atoms with Gasteiger partial charge in [-0.05, 0) is 80.1 Å². The summed E-state index contributed by atoms with van der Waals surface area (Å²) in [5.41, 5.74) is 1.10. The maximum Gasteiger partial charge on any atom is 0.161 e. The van der Waals surface area contributed by atoms with E-state index >= 15 is 0 Å². The molecule has 1 aromatic rings. The smallest absolute Gasteiger partial charge is 0.161 e. The second-order valence-electron chi connectivity index (χ2n) is 7.45. The van der Waals surface area contributed by atoms with E-state index in [4.69, 9.17) is 0 Å². The van der Waals surface area contributed by atoms with Crippen LogP contribution in [0.1, 0.15) is 44.1 Å². The minimum absolute atomic E-state index is 0.00272. The van der Waals surface area contributed by atoms with Crippen LogP contribution in [-0.2, 0) is 4.79 Å². The Morgan fingerprint density at radius 3 is 2.29 bits per heavy atom. The lowest BCUT2D eigenvalue weighted by Gasteiger charge is -2.55. The third-order valence-corrected chi connectivity index (χ3v) is 6.33. The number of ketones is 1. The van der Waals surface area contributed by atoms with Crippen molar-refractivity contribution in [3.05, 3.63) is 40.4 Å². The SMILES string of the molecule is O=C(/C=C/c1cccc(Br)c1)C12CC3CC(CC(C3)C1)C2. The van der Waals surface area contributed by atoms with E-state index in [-0.39, 0.29) is 5.41 Å². The van der Waals surface area contributed by atoms with Gasteiger partial charge in [-0.1, -0.05) is 34.1 Å². The molecule has 1 aromatic carbocycles. The Bertz CT molecular complexity index is 566. The lowest BCUT2D eigenvalue weighted by molar-refractivity contribution is -0.138. The van der Waals surface area contributed by atoms with Gasteiger partial charge in [0.05, 0.1) is 0 Å². The molecule has 0 amide bonds. The van der Waals surface area contributed by atoms with Gasteiger partial charge < -0.3 is 0 Å². The van der Waals surface area contributed by atoms with Crippen LogP contribution in [0.3, 0.4) is 0 Å². The molecule has 0 saturated heterocycles. The first kappa shape index (κ1) is 13.8. The summed E-state index contributed by atoms with van der Waals surface area (Å²) >= 11 is 3.48. The fraction of sp³-hybridized carbons (Fsp3) is 0.526. The van der Waals surface area contributed by atoms with E-state index in [1.807, 2.05) is 30.4 Å². The molecule has 4 aliphatic carbocycles. The van der Waals surface area contributed by atoms with Crippen molar-refractivity contribution in [1.29, 1.82) is 0 Å². The molecule has 0 radical (unpaired) electrons. The Morgan fingerprint density at radius 2 is 1.71 bits per heavy atom. The van der Waals surface area contributed by atoms with Crippen molar-refractivity contribution in [1.82, 2.24) is 0 Å². The average molecular weight is 345 g/mol. The number of hydrogen-bond donors (Lipinski definition) is 0. The molecule has 2 heteroatoms. The molecule has 110 valence electrons. The molecule has 4 aliphatic rings. The number of benzene rings is 1. The Balaban J connectivity index is 1.55. The van der Waals surface area contributed by atoms with Gasteiger partial charge in [-0.2, -0.15) is 0 Å². The summed E-state index contributed by atoms with van der Waals surface area (Å²) in [5.74, 6) is 2.89. The van der Waals surface area contributed by atoms with E-state index in [1.165, 1.54) is 19.3 Å². The summed E-state index contributed by atoms with van der Waals surface area (Å²) in [6, 6.07) is 8.13. The second-order valence-corrected chi connectivity index (χ2v) is 8.37. The third-order valence-electron chi connectivity index (χ3n) is 5.84. The van der Waals surface area contributed by atoms with E-state index in [9.17, 15) is 4.79 Å². The number of hydrogen-bond acceptors (Lipinski definition) is 1. The molecule has 0 N–H and O–H groups in total. The van der Waals surface area contributed by atoms with E-state index in [2.05, 4.69) is 22.0 Å². The molecule has 4 saturated carbocycles. The van der Waals surface area contributed by atoms with Crippen LogP contribution in [-0.4, -0.2) is 5.78 Å². The van der Waals surface area contributed by atoms with Crippen LogP contribution in [0.25, 0.3) is 6.08 Å². The minimum Gasteiger partial charge on any atom is -0.294 e. The maximum atomic E-state index is 12.9. The number of allylic oxidation sites excluding steroid dienone is 1. The molecule has 0 aromatic heterocycles. The number of carbonyl (C=O) groups is 1. The zero-order chi connectivity index (χ0) is 14.4. The van der Waals surface area contributed by atoms with Crippen LogP contribution >= 0.6 is 15.9 Å². The van der Waals surface area contributed by atoms with Crippen molar-refractivity contribution in [3.63, 3.8) is 0 Å². The van der Waals surface area contributed by atoms with Crippen molar-refractivity contribution >= 4 is 27.8 Å². The highest BCUT2D eigenvalue weighted by Crippen LogP contribution is 2.60. The molecule has 0 spiro atoms. The molecule has 0 aliphatic heterocycles. The summed E-state index contributed by atoms with van der Waals surface area (Å²) in [7, 11) is 0. The van der Waals surface area contributed by atoms with Gasteiger partial charge in [0.15, 0.2) is 5.78 Å². The topological polar surface area (TPSA) is 17.1 Å². The lowest BCUT2D eigenvalue weighted by Crippen LogP contribution is -2.49. The molecular formula is C19H21BrO. The molecular weight excluding hydrogens is 324 g/mol. The van der Waals surface area contributed by atoms with Crippen LogP contribution in [0.4, 0.5) is 0 Å². The standard InChI is InChI=1S/C19H21BrO/c20-17-3-1-2-13(9-17)4-5-18(21)19-10-14-6-15(11-19)8-16(7-14)12-19/h1-5,9,14-16H,6-8,10-12H2/b5-4+. The minimum atomic E-state index is -0.00272. The van der Waals surface area contributed by atoms with Crippen LogP contribution in [0.5, 0.6) is 0 Å². The van der Waals surface area contributed by atoms with Gasteiger partial charge in [-0.15, -0.1) is 0 Å². The third kappa shape index (κ3) is 2.52. The fourth-order valence-corrected chi connectivity index (χ4v) is 5.79. The van der Waals surface area contributed by atoms with Crippen molar-refractivity contribution in [3.8, 4) is 0 Å². The predicted molar refractivity (Wildman–Crippen MR) is 88.8 cm³/mol. The summed E-state index contributed by atoms with van der Waals surface area (Å²) in [6.07, 6.45) is 11.5. The molecule has 5 rings (SSSR count). The van der Waals surface area contributed by atoms with Crippen LogP contribution in [0, 0.1) is 23.2 Å². The first-order valence-electron chi connectivity index (χ1n) is 8.11. The van der Waals surface area contributed by atoms with Crippen LogP contribution in [0.2, 0.25) is 0 Å². The van der Waals surface area contributed by atoms with Crippen molar-refractivity contribution in [2.75, 3.05) is 0 Å². The zero-order valence-electron chi connectivity index (χ0n) is 12.2. The summed E-state index contributed by atoms with van der Waals surface area (Å²) in [6.45, 7) is 0. The Morgan fingerprint density at radius 1 is 1.10 bits per heavy atom. The van der Waals surface area contributed by atoms with E-state index in [0.717, 1.165) is 47.1 Å². The van der Waals surface area contributed by atoms with Crippen molar-refractivity contribution in [2.45, 2.75) is 38.5 Å². The monoisotopic (exact) mass is 344 g/mol. The van der Waals surface area contributed by atoms with Gasteiger partial charge in [-0.25, -0.2) is 0 Å². The highest BCUT2D eigenvalue weighted by molar-refractivity contribution is 9.10. The predicted octanol–water partition coefficient (Wildman–Crippen LogP) is 5.25. The van der Waals surface area contributed by atoms with Crippen molar-refractivity contribution < 1.29 is 4.79 Å². The molecule has 0 unspecified atom stereocenters.